The van der Waals surface area contributed by atoms with E-state index in [9.17, 15) is 9.59 Å². The van der Waals surface area contributed by atoms with Gasteiger partial charge in [-0.2, -0.15) is 0 Å². The summed E-state index contributed by atoms with van der Waals surface area (Å²) in [5.74, 6) is -0.107. The zero-order chi connectivity index (χ0) is 24.5. The zero-order valence-electron chi connectivity index (χ0n) is 19.0. The molecule has 3 aromatic heterocycles. The Morgan fingerprint density at radius 2 is 2.17 bits per heavy atom. The summed E-state index contributed by atoms with van der Waals surface area (Å²) in [4.78, 5) is 31.5. The lowest BCUT2D eigenvalue weighted by Gasteiger charge is -2.26. The van der Waals surface area contributed by atoms with Crippen molar-refractivity contribution < 1.29 is 14.3 Å². The highest BCUT2D eigenvalue weighted by atomic mass is 35.5. The van der Waals surface area contributed by atoms with E-state index >= 15 is 0 Å². The fraction of sp³-hybridized carbons (Fsp3) is 0.240. The number of amides is 2. The molecule has 0 aliphatic carbocycles. The molecule has 0 bridgehead atoms. The number of pyridine rings is 1. The van der Waals surface area contributed by atoms with Gasteiger partial charge in [-0.3, -0.25) is 18.9 Å². The van der Waals surface area contributed by atoms with Crippen LogP contribution in [0.4, 0.5) is 0 Å². The molecule has 4 aromatic rings. The number of rotatable bonds is 7. The number of hydrogen-bond acceptors (Lipinski definition) is 6. The van der Waals surface area contributed by atoms with Crippen molar-refractivity contribution >= 4 is 40.4 Å². The van der Waals surface area contributed by atoms with Crippen LogP contribution in [-0.4, -0.2) is 45.7 Å². The largest absolute Gasteiger partial charge is 0.484 e. The second-order valence-electron chi connectivity index (χ2n) is 8.42. The minimum absolute atomic E-state index is 0.0327. The van der Waals surface area contributed by atoms with Crippen molar-refractivity contribution in [1.29, 1.82) is 0 Å². The highest BCUT2D eigenvalue weighted by Gasteiger charge is 2.22. The van der Waals surface area contributed by atoms with Crippen molar-refractivity contribution in [1.82, 2.24) is 19.6 Å². The van der Waals surface area contributed by atoms with Gasteiger partial charge >= 0.3 is 0 Å². The molecule has 180 valence electrons. The van der Waals surface area contributed by atoms with Gasteiger partial charge in [0.05, 0.1) is 23.3 Å². The predicted molar refractivity (Wildman–Crippen MR) is 136 cm³/mol. The number of nitrogens with one attached hydrogen (secondary N) is 1. The molecule has 2 amide bonds. The molecule has 1 aromatic carbocycles. The van der Waals surface area contributed by atoms with Crippen LogP contribution in [-0.2, 0) is 11.3 Å². The Morgan fingerprint density at radius 3 is 2.94 bits per heavy atom. The van der Waals surface area contributed by atoms with Gasteiger partial charge in [0.1, 0.15) is 22.4 Å². The fourth-order valence-electron chi connectivity index (χ4n) is 4.21. The molecule has 0 radical (unpaired) electrons. The molecule has 10 heteroatoms. The lowest BCUT2D eigenvalue weighted by molar-refractivity contribution is -0.124. The second kappa shape index (κ2) is 9.69. The monoisotopic (exact) mass is 509 g/mol. The molecule has 1 aliphatic heterocycles. The molecule has 1 atom stereocenters. The number of primary amides is 1. The topological polar surface area (TPSA) is 102 Å². The molecular formula is C25H24ClN5O3S. The van der Waals surface area contributed by atoms with Crippen molar-refractivity contribution in [2.45, 2.75) is 19.6 Å². The van der Waals surface area contributed by atoms with E-state index in [0.29, 0.717) is 35.3 Å². The molecule has 0 saturated carbocycles. The van der Waals surface area contributed by atoms with Crippen LogP contribution in [0.15, 0.2) is 54.9 Å². The van der Waals surface area contributed by atoms with Crippen LogP contribution < -0.4 is 15.8 Å². The van der Waals surface area contributed by atoms with Gasteiger partial charge < -0.3 is 15.8 Å². The molecule has 5 rings (SSSR count). The third-order valence-corrected chi connectivity index (χ3v) is 7.40. The van der Waals surface area contributed by atoms with E-state index in [4.69, 9.17) is 22.1 Å². The van der Waals surface area contributed by atoms with Gasteiger partial charge in [-0.1, -0.05) is 29.8 Å². The summed E-state index contributed by atoms with van der Waals surface area (Å²) in [6.45, 7) is 4.35. The Hall–Kier alpha value is -3.40. The average molecular weight is 510 g/mol. The Bertz CT molecular complexity index is 1420. The van der Waals surface area contributed by atoms with Crippen LogP contribution >= 0.6 is 22.9 Å². The van der Waals surface area contributed by atoms with Crippen LogP contribution in [0.3, 0.4) is 0 Å². The smallest absolute Gasteiger partial charge is 0.262 e. The predicted octanol–water partition coefficient (Wildman–Crippen LogP) is 3.89. The minimum atomic E-state index is -0.552. The molecule has 8 nitrogen and oxygen atoms in total. The molecule has 1 saturated heterocycles. The number of hydrogen-bond donors (Lipinski definition) is 2. The third kappa shape index (κ3) is 4.88. The molecule has 1 fully saturated rings. The lowest BCUT2D eigenvalue weighted by Crippen LogP contribution is -2.47. The zero-order valence-corrected chi connectivity index (χ0v) is 20.6. The lowest BCUT2D eigenvalue weighted by atomic mass is 10.1. The molecule has 0 unspecified atom stereocenters. The number of halogens is 1. The van der Waals surface area contributed by atoms with Crippen molar-refractivity contribution in [3.8, 4) is 16.3 Å². The summed E-state index contributed by atoms with van der Waals surface area (Å²) in [5, 5.41) is 3.39. The third-order valence-electron chi connectivity index (χ3n) is 5.92. The van der Waals surface area contributed by atoms with Gasteiger partial charge in [0.15, 0.2) is 0 Å². The quantitative estimate of drug-likeness (QED) is 0.393. The molecule has 35 heavy (non-hydrogen) atoms. The first kappa shape index (κ1) is 23.3. The highest BCUT2D eigenvalue weighted by molar-refractivity contribution is 7.17. The Labute approximate surface area is 211 Å². The second-order valence-corrected chi connectivity index (χ2v) is 9.88. The number of fused-ring (bicyclic) bond motifs is 1. The van der Waals surface area contributed by atoms with Crippen LogP contribution in [0.2, 0.25) is 5.02 Å². The van der Waals surface area contributed by atoms with Gasteiger partial charge in [0.2, 0.25) is 5.91 Å². The fourth-order valence-corrected chi connectivity index (χ4v) is 5.52. The van der Waals surface area contributed by atoms with E-state index in [0.717, 1.165) is 33.9 Å². The van der Waals surface area contributed by atoms with E-state index in [1.54, 1.807) is 6.20 Å². The summed E-state index contributed by atoms with van der Waals surface area (Å²) in [7, 11) is 0. The van der Waals surface area contributed by atoms with Crippen molar-refractivity contribution in [2.75, 3.05) is 19.6 Å². The number of carbonyl (C=O) groups is 2. The number of thiophene rings is 1. The average Bonchev–Trinajstić information content (AvgIpc) is 3.43. The number of aromatic nitrogens is 2. The van der Waals surface area contributed by atoms with Crippen molar-refractivity contribution in [3.05, 3.63) is 75.9 Å². The maximum Gasteiger partial charge on any atom is 0.262 e. The SMILES string of the molecule is C[C@@H](Oc1cc(-c2cnc3ccccn23)sc1C(N)=O)c1ccc(CN2CCNC(=O)C2)cc1Cl. The van der Waals surface area contributed by atoms with E-state index in [1.165, 1.54) is 11.3 Å². The maximum absolute atomic E-state index is 12.2. The maximum atomic E-state index is 12.2. The Morgan fingerprint density at radius 1 is 1.31 bits per heavy atom. The first-order valence-corrected chi connectivity index (χ1v) is 12.4. The molecule has 4 heterocycles. The summed E-state index contributed by atoms with van der Waals surface area (Å²) < 4.78 is 8.15. The minimum Gasteiger partial charge on any atom is -0.484 e. The standard InChI is InChI=1S/C25H24ClN5O3S/c1-15(17-6-5-16(10-18(17)26)13-30-9-7-28-23(32)14-30)34-20-11-21(35-24(20)25(27)33)19-12-29-22-4-2-3-8-31(19)22/h2-6,8,10-12,15H,7,9,13-14H2,1H3,(H2,27,33)(H,28,32)/t15-/m1/s1. The first-order chi connectivity index (χ1) is 16.9. The molecule has 3 N–H and O–H groups in total. The van der Waals surface area contributed by atoms with E-state index in [1.807, 2.05) is 60.0 Å². The van der Waals surface area contributed by atoms with Gasteiger partial charge in [-0.25, -0.2) is 4.98 Å². The van der Waals surface area contributed by atoms with Gasteiger partial charge in [-0.15, -0.1) is 11.3 Å². The number of benzene rings is 1. The van der Waals surface area contributed by atoms with Crippen LogP contribution in [0, 0.1) is 0 Å². The van der Waals surface area contributed by atoms with Gasteiger partial charge in [0.25, 0.3) is 5.91 Å². The number of carbonyl (C=O) groups excluding carboxylic acids is 2. The van der Waals surface area contributed by atoms with Gasteiger partial charge in [0, 0.05) is 42.5 Å². The number of ether oxygens (including phenoxy) is 1. The summed E-state index contributed by atoms with van der Waals surface area (Å²) in [6.07, 6.45) is 3.27. The van der Waals surface area contributed by atoms with Crippen LogP contribution in [0.1, 0.15) is 33.8 Å². The summed E-state index contributed by atoms with van der Waals surface area (Å²) >= 11 is 7.88. The first-order valence-electron chi connectivity index (χ1n) is 11.2. The van der Waals surface area contributed by atoms with E-state index in [-0.39, 0.29) is 5.91 Å². The number of imidazole rings is 1. The van der Waals surface area contributed by atoms with E-state index in [2.05, 4.69) is 15.2 Å². The number of piperazine rings is 1. The molecule has 1 aliphatic rings. The molecule has 0 spiro atoms. The van der Waals surface area contributed by atoms with Crippen molar-refractivity contribution in [2.24, 2.45) is 5.73 Å². The van der Waals surface area contributed by atoms with Gasteiger partial charge in [-0.05, 0) is 30.7 Å². The normalized spacial score (nSPS) is 15.2. The van der Waals surface area contributed by atoms with Crippen LogP contribution in [0.5, 0.6) is 5.75 Å². The Balaban J connectivity index is 1.37. The van der Waals surface area contributed by atoms with Crippen molar-refractivity contribution in [3.63, 3.8) is 0 Å². The summed E-state index contributed by atoms with van der Waals surface area (Å²) in [6, 6.07) is 13.4. The number of nitrogens with zero attached hydrogens (tertiary/aromatic N) is 3. The summed E-state index contributed by atoms with van der Waals surface area (Å²) in [5.41, 5.74) is 9.14. The van der Waals surface area contributed by atoms with E-state index < -0.39 is 12.0 Å². The van der Waals surface area contributed by atoms with Crippen LogP contribution in [0.25, 0.3) is 16.2 Å². The Kier molecular flexibility index (Phi) is 6.46. The molecular weight excluding hydrogens is 486 g/mol. The highest BCUT2D eigenvalue weighted by Crippen LogP contribution is 2.39. The number of nitrogens with two attached hydrogens (primary N) is 1.